The predicted molar refractivity (Wildman–Crippen MR) is 511 cm³/mol. The molecule has 0 saturated heterocycles. The Bertz CT molecular complexity index is 6920. The topological polar surface area (TPSA) is 19.0 Å². The van der Waals surface area contributed by atoms with E-state index in [1.807, 2.05) is 0 Å². The predicted octanol–water partition coefficient (Wildman–Crippen LogP) is 26.4. The van der Waals surface area contributed by atoms with Crippen LogP contribution < -0.4 is 52.2 Å². The van der Waals surface area contributed by atoms with Crippen LogP contribution in [0, 0.1) is 0 Å². The summed E-state index contributed by atoms with van der Waals surface area (Å²) >= 11 is 0. The number of benzene rings is 17. The maximum atomic E-state index is 8.42. The number of hydrogen-bond acceptors (Lipinski definition) is 4. The van der Waals surface area contributed by atoms with Crippen LogP contribution in [-0.4, -0.2) is 13.4 Å². The van der Waals surface area contributed by atoms with E-state index in [4.69, 9.17) is 4.74 Å². The van der Waals surface area contributed by atoms with E-state index in [0.717, 1.165) is 140 Å². The summed E-state index contributed by atoms with van der Waals surface area (Å²) in [4.78, 5) is 7.97. The smallest absolute Gasteiger partial charge is 0.256 e. The van der Waals surface area contributed by atoms with Gasteiger partial charge in [-0.25, -0.2) is 0 Å². The summed E-state index contributed by atoms with van der Waals surface area (Å²) in [5.41, 5.74) is 43.6. The second kappa shape index (κ2) is 27.0. The fourth-order valence-corrected chi connectivity index (χ4v) is 21.3. The van der Waals surface area contributed by atoms with Gasteiger partial charge in [0.05, 0.1) is 16.8 Å². The summed E-state index contributed by atoms with van der Waals surface area (Å²) in [6.45, 7) is 20.6. The van der Waals surface area contributed by atoms with Crippen LogP contribution in [0.5, 0.6) is 11.5 Å². The van der Waals surface area contributed by atoms with Gasteiger partial charge in [0.2, 0.25) is 0 Å². The number of ether oxygens (including phenoxy) is 1. The maximum absolute atomic E-state index is 8.42. The molecule has 17 aromatic carbocycles. The lowest BCUT2D eigenvalue weighted by Crippen LogP contribution is -2.64. The third-order valence-electron chi connectivity index (χ3n) is 26.9. The highest BCUT2D eigenvalue weighted by molar-refractivity contribution is 7.02. The van der Waals surface area contributed by atoms with E-state index in [2.05, 4.69) is 453 Å². The molecule has 0 unspecified atom stereocenters. The normalized spacial score (nSPS) is 13.9. The monoisotopic (exact) mass is 1550 g/mol. The minimum atomic E-state index is -0.650. The molecule has 121 heavy (non-hydrogen) atoms. The molecule has 23 rings (SSSR count). The van der Waals surface area contributed by atoms with Crippen molar-refractivity contribution >= 4 is 97.4 Å². The molecular formula is C115H89B2N3O. The molecule has 0 bridgehead atoms. The van der Waals surface area contributed by atoms with Crippen LogP contribution in [0.3, 0.4) is 0 Å². The van der Waals surface area contributed by atoms with Gasteiger partial charge in [-0.15, -0.1) is 0 Å². The summed E-state index contributed by atoms with van der Waals surface area (Å²) in [7, 11) is 0. The van der Waals surface area contributed by atoms with Crippen molar-refractivity contribution in [2.24, 2.45) is 0 Å². The Morgan fingerprint density at radius 1 is 0.231 bits per heavy atom. The lowest BCUT2D eigenvalue weighted by molar-refractivity contribution is 0.488. The minimum Gasteiger partial charge on any atom is -0.458 e. The first-order chi connectivity index (χ1) is 58.9. The van der Waals surface area contributed by atoms with Gasteiger partial charge >= 0.3 is 0 Å². The lowest BCUT2D eigenvalue weighted by atomic mass is 9.30. The quantitative estimate of drug-likeness (QED) is 0.134. The van der Waals surface area contributed by atoms with Crippen molar-refractivity contribution in [3.8, 4) is 101 Å². The molecule has 0 aromatic heterocycles. The van der Waals surface area contributed by atoms with Gasteiger partial charge < -0.3 is 19.4 Å². The Morgan fingerprint density at radius 3 is 1.12 bits per heavy atom. The Hall–Kier alpha value is -13.9. The third-order valence-corrected chi connectivity index (χ3v) is 26.9. The van der Waals surface area contributed by atoms with E-state index in [9.17, 15) is 0 Å². The second-order valence-electron chi connectivity index (χ2n) is 37.0. The van der Waals surface area contributed by atoms with Crippen LogP contribution in [0.15, 0.2) is 376 Å². The lowest BCUT2D eigenvalue weighted by Gasteiger charge is -2.46. The molecular weight excluding hydrogens is 1460 g/mol. The van der Waals surface area contributed by atoms with Crippen LogP contribution in [0.1, 0.15) is 101 Å². The first-order valence-electron chi connectivity index (χ1n) is 42.9. The first kappa shape index (κ1) is 72.3. The van der Waals surface area contributed by atoms with Crippen molar-refractivity contribution < 1.29 is 4.74 Å². The Labute approximate surface area is 711 Å². The number of nitrogens with zero attached hydrogens (tertiary/aromatic N) is 3. The molecule has 0 fully saturated rings. The molecule has 0 N–H and O–H groups in total. The van der Waals surface area contributed by atoms with Gasteiger partial charge in [0.25, 0.3) is 13.4 Å². The van der Waals surface area contributed by atoms with Gasteiger partial charge in [0.1, 0.15) is 11.5 Å². The molecule has 0 atom stereocenters. The summed E-state index contributed by atoms with van der Waals surface area (Å²) in [6.07, 6.45) is 0. The first-order valence-corrected chi connectivity index (χ1v) is 42.9. The van der Waals surface area contributed by atoms with Crippen molar-refractivity contribution in [2.75, 3.05) is 14.7 Å². The average molecular weight is 1550 g/mol. The number of fused-ring (bicyclic) bond motifs is 18. The van der Waals surface area contributed by atoms with Gasteiger partial charge in [-0.3, -0.25) is 0 Å². The van der Waals surface area contributed by atoms with Crippen LogP contribution in [0.25, 0.3) is 89.0 Å². The van der Waals surface area contributed by atoms with E-state index >= 15 is 0 Å². The number of hydrogen-bond donors (Lipinski definition) is 0. The molecule has 576 valence electrons. The molecule has 4 heterocycles. The highest BCUT2D eigenvalue weighted by atomic mass is 16.5. The van der Waals surface area contributed by atoms with Crippen LogP contribution >= 0.6 is 0 Å². The molecule has 4 nitrogen and oxygen atoms in total. The number of rotatable bonds is 9. The molecule has 0 radical (unpaired) electrons. The van der Waals surface area contributed by atoms with Crippen molar-refractivity contribution in [3.63, 3.8) is 0 Å². The van der Waals surface area contributed by atoms with E-state index in [-0.39, 0.29) is 29.7 Å². The van der Waals surface area contributed by atoms with Crippen LogP contribution in [0.2, 0.25) is 0 Å². The molecule has 6 aliphatic rings. The largest absolute Gasteiger partial charge is 0.458 e. The Kier molecular flexibility index (Phi) is 16.2. The molecule has 6 heteroatoms. The average Bonchev–Trinajstić information content (AvgIpc) is 1.67. The maximum Gasteiger partial charge on any atom is 0.256 e. The molecule has 0 saturated carbocycles. The highest BCUT2D eigenvalue weighted by Gasteiger charge is 2.54. The zero-order chi connectivity index (χ0) is 81.5. The van der Waals surface area contributed by atoms with Crippen LogP contribution in [0.4, 0.5) is 51.2 Å². The van der Waals surface area contributed by atoms with Crippen molar-refractivity contribution in [1.82, 2.24) is 0 Å². The highest BCUT2D eigenvalue weighted by Crippen LogP contribution is 2.66. The molecule has 2 aliphatic carbocycles. The fourth-order valence-electron chi connectivity index (χ4n) is 21.3. The standard InChI is InChI=1S/C115H89B2N3O/c1-112(2,3)79-65-80(113(4,5)6)67-82(66-79)118-99-59-33-31-57-95(99)116-97-70-98-105(71-101(97)120(103-62-77(61-102(118)108(103)116)72-37-15-10-16-38-72)110-84(73-39-17-11-18-40-73)51-36-52-85(110)74-41-19-12-20-42-74)121-106-64-78(83-50-35-53-89-88-49-27-30-56-94(88)115(107(83)89)92-54-28-25-47-86(92)87-48-26-29-55-93(87)115)63-104-109(106)117(98)96-58-32-34-60-100(96)119(104)111-90(75-43-21-13-22-44-75)68-81(114(7,8)9)69-91(111)76-45-23-14-24-46-76/h10-71H,1-9H3. The summed E-state index contributed by atoms with van der Waals surface area (Å²) in [5, 5.41) is 0. The molecule has 0 amide bonds. The molecule has 4 aliphatic heterocycles. The zero-order valence-corrected chi connectivity index (χ0v) is 69.7. The van der Waals surface area contributed by atoms with Gasteiger partial charge in [-0.05, 0) is 215 Å². The summed E-state index contributed by atoms with van der Waals surface area (Å²) in [6, 6.07) is 144. The number of anilines is 9. The fraction of sp³-hybridized carbons (Fsp3) is 0.113. The Morgan fingerprint density at radius 2 is 0.603 bits per heavy atom. The number of para-hydroxylation sites is 3. The van der Waals surface area contributed by atoms with E-state index in [0.29, 0.717) is 0 Å². The van der Waals surface area contributed by atoms with Gasteiger partial charge in [0, 0.05) is 68.1 Å². The van der Waals surface area contributed by atoms with Crippen molar-refractivity contribution in [2.45, 2.75) is 84.0 Å². The molecule has 17 aromatic rings. The van der Waals surface area contributed by atoms with Crippen molar-refractivity contribution in [1.29, 1.82) is 0 Å². The van der Waals surface area contributed by atoms with E-state index < -0.39 is 5.41 Å². The second-order valence-corrected chi connectivity index (χ2v) is 37.0. The summed E-state index contributed by atoms with van der Waals surface area (Å²) < 4.78 is 8.42. The minimum absolute atomic E-state index is 0.155. The third kappa shape index (κ3) is 11.0. The van der Waals surface area contributed by atoms with Gasteiger partial charge in [-0.1, -0.05) is 372 Å². The van der Waals surface area contributed by atoms with Gasteiger partial charge in [0.15, 0.2) is 0 Å². The van der Waals surface area contributed by atoms with Crippen LogP contribution in [-0.2, 0) is 21.7 Å². The van der Waals surface area contributed by atoms with E-state index in [1.54, 1.807) is 0 Å². The summed E-state index contributed by atoms with van der Waals surface area (Å²) in [5.74, 6) is 1.64. The van der Waals surface area contributed by atoms with Crippen molar-refractivity contribution in [3.05, 3.63) is 415 Å². The van der Waals surface area contributed by atoms with Gasteiger partial charge in [-0.2, -0.15) is 0 Å². The zero-order valence-electron chi connectivity index (χ0n) is 69.7. The SMILES string of the molecule is CC(C)(C)c1cc(N2c3ccccc3B3c4cc5c(cc4N(c4c(-c6ccccc6)cccc4-c4ccccc4)c4cc(-c6ccccc6)cc2c43)Oc2cc(-c3cccc4c3C3(c6ccccc6-c6ccccc63)c3ccccc3-4)cc3c2B5c2ccccc2N3c2c(-c3ccccc3)cc(C(C)(C)C)cc2-c2ccccc2)cc(C(C)(C)C)c1. The Balaban J connectivity index is 0.852. The van der Waals surface area contributed by atoms with E-state index in [1.165, 1.54) is 83.0 Å². The molecule has 1 spiro atoms.